The van der Waals surface area contributed by atoms with Crippen molar-refractivity contribution in [2.24, 2.45) is 5.10 Å². The zero-order chi connectivity index (χ0) is 20.5. The molecule has 6 heteroatoms. The Hall–Kier alpha value is -3.31. The van der Waals surface area contributed by atoms with Crippen LogP contribution in [-0.2, 0) is 11.4 Å². The van der Waals surface area contributed by atoms with Gasteiger partial charge in [-0.2, -0.15) is 5.10 Å². The van der Waals surface area contributed by atoms with Crippen LogP contribution in [0.15, 0.2) is 77.9 Å². The van der Waals surface area contributed by atoms with Gasteiger partial charge in [0.2, 0.25) is 0 Å². The van der Waals surface area contributed by atoms with E-state index in [0.29, 0.717) is 17.4 Å². The van der Waals surface area contributed by atoms with Gasteiger partial charge in [-0.15, -0.1) is 0 Å². The molecule has 148 valence electrons. The van der Waals surface area contributed by atoms with Gasteiger partial charge in [0.15, 0.2) is 6.61 Å². The van der Waals surface area contributed by atoms with Gasteiger partial charge in [-0.1, -0.05) is 35.9 Å². The van der Waals surface area contributed by atoms with E-state index in [1.807, 2.05) is 36.4 Å². The number of ether oxygens (including phenoxy) is 2. The van der Waals surface area contributed by atoms with Crippen molar-refractivity contribution in [2.75, 3.05) is 6.61 Å². The molecule has 1 N–H and O–H groups in total. The molecule has 29 heavy (non-hydrogen) atoms. The summed E-state index contributed by atoms with van der Waals surface area (Å²) in [5.41, 5.74) is 5.62. The second kappa shape index (κ2) is 10.3. The molecule has 0 saturated heterocycles. The van der Waals surface area contributed by atoms with Crippen molar-refractivity contribution in [3.63, 3.8) is 0 Å². The van der Waals surface area contributed by atoms with Crippen molar-refractivity contribution in [3.05, 3.63) is 94.5 Å². The molecule has 0 atom stereocenters. The quantitative estimate of drug-likeness (QED) is 0.432. The van der Waals surface area contributed by atoms with E-state index in [9.17, 15) is 4.79 Å². The van der Waals surface area contributed by atoms with Crippen LogP contribution in [0.3, 0.4) is 0 Å². The molecule has 0 aromatic heterocycles. The fraction of sp³-hybridized carbons (Fsp3) is 0.130. The number of hydrazone groups is 1. The van der Waals surface area contributed by atoms with Crippen LogP contribution in [0.2, 0.25) is 5.02 Å². The maximum absolute atomic E-state index is 11.8. The first-order valence-corrected chi connectivity index (χ1v) is 9.45. The normalized spacial score (nSPS) is 10.7. The minimum absolute atomic E-state index is 0.134. The molecule has 1 amide bonds. The Labute approximate surface area is 174 Å². The van der Waals surface area contributed by atoms with Gasteiger partial charge in [-0.25, -0.2) is 5.43 Å². The van der Waals surface area contributed by atoms with Crippen LogP contribution in [-0.4, -0.2) is 18.7 Å². The standard InChI is InChI=1S/C23H21ClN2O3/c1-17-4-2-3-5-19(17)15-28-21-10-6-18(7-11-21)14-25-26-23(27)16-29-22-12-8-20(24)9-13-22/h2-14H,15-16H2,1H3,(H,26,27)/b25-14-. The van der Waals surface area contributed by atoms with Crippen molar-refractivity contribution in [1.82, 2.24) is 5.43 Å². The summed E-state index contributed by atoms with van der Waals surface area (Å²) in [6.07, 6.45) is 1.56. The average molecular weight is 409 g/mol. The van der Waals surface area contributed by atoms with E-state index in [1.165, 1.54) is 5.56 Å². The van der Waals surface area contributed by atoms with Gasteiger partial charge in [0, 0.05) is 5.02 Å². The van der Waals surface area contributed by atoms with E-state index in [0.717, 1.165) is 16.9 Å². The Kier molecular flexibility index (Phi) is 7.25. The highest BCUT2D eigenvalue weighted by Gasteiger charge is 2.02. The summed E-state index contributed by atoms with van der Waals surface area (Å²) < 4.78 is 11.2. The molecule has 0 saturated carbocycles. The Balaban J connectivity index is 1.42. The predicted octanol–water partition coefficient (Wildman–Crippen LogP) is 4.76. The lowest BCUT2D eigenvalue weighted by atomic mass is 10.1. The van der Waals surface area contributed by atoms with Crippen LogP contribution in [0.1, 0.15) is 16.7 Å². The summed E-state index contributed by atoms with van der Waals surface area (Å²) in [6, 6.07) is 22.4. The highest BCUT2D eigenvalue weighted by molar-refractivity contribution is 6.30. The van der Waals surface area contributed by atoms with Crippen molar-refractivity contribution in [3.8, 4) is 11.5 Å². The first kappa shape index (κ1) is 20.4. The highest BCUT2D eigenvalue weighted by Crippen LogP contribution is 2.16. The number of halogens is 1. The van der Waals surface area contributed by atoms with Gasteiger partial charge in [0.1, 0.15) is 18.1 Å². The third kappa shape index (κ3) is 6.66. The van der Waals surface area contributed by atoms with E-state index in [2.05, 4.69) is 29.6 Å². The Morgan fingerprint density at radius 2 is 1.62 bits per heavy atom. The number of hydrogen-bond donors (Lipinski definition) is 1. The van der Waals surface area contributed by atoms with E-state index in [4.69, 9.17) is 21.1 Å². The van der Waals surface area contributed by atoms with Crippen LogP contribution in [0.5, 0.6) is 11.5 Å². The van der Waals surface area contributed by atoms with Crippen LogP contribution in [0.25, 0.3) is 0 Å². The van der Waals surface area contributed by atoms with Gasteiger partial charge in [-0.3, -0.25) is 4.79 Å². The minimum Gasteiger partial charge on any atom is -0.489 e. The molecule has 0 heterocycles. The lowest BCUT2D eigenvalue weighted by molar-refractivity contribution is -0.123. The number of rotatable bonds is 8. The van der Waals surface area contributed by atoms with Gasteiger partial charge in [-0.05, 0) is 72.1 Å². The molecule has 0 aliphatic rings. The lowest BCUT2D eigenvalue weighted by Crippen LogP contribution is -2.24. The second-order valence-corrected chi connectivity index (χ2v) is 6.76. The van der Waals surface area contributed by atoms with Gasteiger partial charge in [0.25, 0.3) is 5.91 Å². The summed E-state index contributed by atoms with van der Waals surface area (Å²) in [7, 11) is 0. The van der Waals surface area contributed by atoms with Crippen LogP contribution < -0.4 is 14.9 Å². The number of nitrogens with zero attached hydrogens (tertiary/aromatic N) is 1. The molecular formula is C23H21ClN2O3. The number of carbonyl (C=O) groups is 1. The Bertz CT molecular complexity index is 970. The fourth-order valence-electron chi connectivity index (χ4n) is 2.47. The van der Waals surface area contributed by atoms with Crippen molar-refractivity contribution in [2.45, 2.75) is 13.5 Å². The molecule has 0 bridgehead atoms. The molecule has 0 aliphatic carbocycles. The van der Waals surface area contributed by atoms with Crippen molar-refractivity contribution < 1.29 is 14.3 Å². The fourth-order valence-corrected chi connectivity index (χ4v) is 2.60. The molecule has 0 unspecified atom stereocenters. The zero-order valence-corrected chi connectivity index (χ0v) is 16.7. The molecular weight excluding hydrogens is 388 g/mol. The van der Waals surface area contributed by atoms with Gasteiger partial charge in [0.05, 0.1) is 6.21 Å². The largest absolute Gasteiger partial charge is 0.489 e. The van der Waals surface area contributed by atoms with Gasteiger partial charge < -0.3 is 9.47 Å². The predicted molar refractivity (Wildman–Crippen MR) is 115 cm³/mol. The number of benzene rings is 3. The molecule has 0 aliphatic heterocycles. The molecule has 3 aromatic carbocycles. The number of nitrogens with one attached hydrogen (secondary N) is 1. The van der Waals surface area contributed by atoms with E-state index in [-0.39, 0.29) is 12.5 Å². The molecule has 0 spiro atoms. The molecule has 3 aromatic rings. The first-order chi connectivity index (χ1) is 14.1. The highest BCUT2D eigenvalue weighted by atomic mass is 35.5. The van der Waals surface area contributed by atoms with E-state index in [1.54, 1.807) is 30.5 Å². The van der Waals surface area contributed by atoms with Crippen LogP contribution in [0.4, 0.5) is 0 Å². The second-order valence-electron chi connectivity index (χ2n) is 6.32. The van der Waals surface area contributed by atoms with Crippen molar-refractivity contribution in [1.29, 1.82) is 0 Å². The Morgan fingerprint density at radius 3 is 2.34 bits per heavy atom. The summed E-state index contributed by atoms with van der Waals surface area (Å²) in [5, 5.41) is 4.55. The number of amides is 1. The molecule has 0 fully saturated rings. The third-order valence-electron chi connectivity index (χ3n) is 4.12. The number of hydrogen-bond acceptors (Lipinski definition) is 4. The molecule has 0 radical (unpaired) electrons. The Morgan fingerprint density at radius 1 is 0.966 bits per heavy atom. The van der Waals surface area contributed by atoms with Gasteiger partial charge >= 0.3 is 0 Å². The molecule has 5 nitrogen and oxygen atoms in total. The SMILES string of the molecule is Cc1ccccc1COc1ccc(/C=N\NC(=O)COc2ccc(Cl)cc2)cc1. The summed E-state index contributed by atoms with van der Waals surface area (Å²) >= 11 is 5.80. The van der Waals surface area contributed by atoms with E-state index >= 15 is 0 Å². The lowest BCUT2D eigenvalue weighted by Gasteiger charge is -2.08. The average Bonchev–Trinajstić information content (AvgIpc) is 2.74. The number of carbonyl (C=O) groups excluding carboxylic acids is 1. The monoisotopic (exact) mass is 408 g/mol. The van der Waals surface area contributed by atoms with E-state index < -0.39 is 0 Å². The summed E-state index contributed by atoms with van der Waals surface area (Å²) in [5.74, 6) is 0.981. The number of aryl methyl sites for hydroxylation is 1. The first-order valence-electron chi connectivity index (χ1n) is 9.08. The molecule has 3 rings (SSSR count). The van der Waals surface area contributed by atoms with Crippen LogP contribution >= 0.6 is 11.6 Å². The van der Waals surface area contributed by atoms with Crippen LogP contribution in [0, 0.1) is 6.92 Å². The maximum Gasteiger partial charge on any atom is 0.277 e. The smallest absolute Gasteiger partial charge is 0.277 e. The minimum atomic E-state index is -0.352. The van der Waals surface area contributed by atoms with Crippen molar-refractivity contribution >= 4 is 23.7 Å². The third-order valence-corrected chi connectivity index (χ3v) is 4.37. The topological polar surface area (TPSA) is 59.9 Å². The summed E-state index contributed by atoms with van der Waals surface area (Å²) in [4.78, 5) is 11.8. The zero-order valence-electron chi connectivity index (χ0n) is 16.0. The summed E-state index contributed by atoms with van der Waals surface area (Å²) in [6.45, 7) is 2.45. The maximum atomic E-state index is 11.8.